The van der Waals surface area contributed by atoms with Crippen LogP contribution in [0.3, 0.4) is 0 Å². The number of hydrogen-bond donors (Lipinski definition) is 1. The van der Waals surface area contributed by atoms with Crippen LogP contribution < -0.4 is 5.32 Å². The molecule has 108 valence electrons. The summed E-state index contributed by atoms with van der Waals surface area (Å²) in [6.45, 7) is 1.12. The number of fused-ring (bicyclic) bond motifs is 5. The normalized spacial score (nSPS) is 38.4. The first kappa shape index (κ1) is 13.2. The van der Waals surface area contributed by atoms with Crippen LogP contribution in [0.15, 0.2) is 24.3 Å². The average Bonchev–Trinajstić information content (AvgIpc) is 3.12. The van der Waals surface area contributed by atoms with E-state index >= 15 is 0 Å². The number of nitrogens with one attached hydrogen (secondary N) is 1. The molecule has 1 aromatic carbocycles. The SMILES string of the molecule is Clc1ccc(CCNC2CC3CC2C2CCCC32)cc1. The zero-order valence-electron chi connectivity index (χ0n) is 12.0. The molecule has 2 bridgehead atoms. The summed E-state index contributed by atoms with van der Waals surface area (Å²) in [5.41, 5.74) is 1.39. The van der Waals surface area contributed by atoms with Gasteiger partial charge in [-0.2, -0.15) is 0 Å². The maximum Gasteiger partial charge on any atom is 0.0406 e. The molecule has 3 saturated carbocycles. The first-order chi connectivity index (χ1) is 9.81. The van der Waals surface area contributed by atoms with E-state index in [1.165, 1.54) is 37.7 Å². The predicted molar refractivity (Wildman–Crippen MR) is 84.0 cm³/mol. The highest BCUT2D eigenvalue weighted by atomic mass is 35.5. The average molecular weight is 290 g/mol. The van der Waals surface area contributed by atoms with E-state index in [0.29, 0.717) is 0 Å². The summed E-state index contributed by atoms with van der Waals surface area (Å²) in [6.07, 6.45) is 8.64. The molecule has 3 aliphatic rings. The molecule has 0 spiro atoms. The van der Waals surface area contributed by atoms with Crippen LogP contribution in [0.4, 0.5) is 0 Å². The van der Waals surface area contributed by atoms with Gasteiger partial charge in [-0.1, -0.05) is 30.2 Å². The van der Waals surface area contributed by atoms with Gasteiger partial charge < -0.3 is 5.32 Å². The van der Waals surface area contributed by atoms with Crippen molar-refractivity contribution < 1.29 is 0 Å². The first-order valence-corrected chi connectivity index (χ1v) is 8.67. The maximum absolute atomic E-state index is 5.93. The van der Waals surface area contributed by atoms with Gasteiger partial charge in [-0.25, -0.2) is 0 Å². The fourth-order valence-corrected chi connectivity index (χ4v) is 5.48. The molecule has 0 radical (unpaired) electrons. The lowest BCUT2D eigenvalue weighted by Gasteiger charge is -2.32. The lowest BCUT2D eigenvalue weighted by atomic mass is 9.79. The minimum absolute atomic E-state index is 0.812. The molecule has 4 rings (SSSR count). The number of benzene rings is 1. The van der Waals surface area contributed by atoms with Gasteiger partial charge in [0.25, 0.3) is 0 Å². The largest absolute Gasteiger partial charge is 0.313 e. The van der Waals surface area contributed by atoms with Crippen molar-refractivity contribution >= 4 is 11.6 Å². The highest BCUT2D eigenvalue weighted by Gasteiger charge is 2.53. The summed E-state index contributed by atoms with van der Waals surface area (Å²) in [7, 11) is 0. The third-order valence-electron chi connectivity index (χ3n) is 6.16. The second-order valence-corrected chi connectivity index (χ2v) is 7.53. The van der Waals surface area contributed by atoms with Crippen LogP contribution in [-0.2, 0) is 6.42 Å². The van der Waals surface area contributed by atoms with Gasteiger partial charge in [-0.05, 0) is 80.0 Å². The molecule has 2 heteroatoms. The van der Waals surface area contributed by atoms with Gasteiger partial charge in [0.1, 0.15) is 0 Å². The molecule has 3 fully saturated rings. The lowest BCUT2D eigenvalue weighted by Crippen LogP contribution is -2.40. The van der Waals surface area contributed by atoms with Crippen molar-refractivity contribution in [2.45, 2.75) is 44.6 Å². The van der Waals surface area contributed by atoms with Crippen molar-refractivity contribution in [3.05, 3.63) is 34.9 Å². The number of halogens is 1. The zero-order valence-corrected chi connectivity index (χ0v) is 12.8. The van der Waals surface area contributed by atoms with Gasteiger partial charge >= 0.3 is 0 Å². The van der Waals surface area contributed by atoms with Gasteiger partial charge in [0.05, 0.1) is 0 Å². The van der Waals surface area contributed by atoms with Crippen molar-refractivity contribution in [3.63, 3.8) is 0 Å². The Morgan fingerprint density at radius 2 is 1.80 bits per heavy atom. The van der Waals surface area contributed by atoms with Crippen LogP contribution in [0.5, 0.6) is 0 Å². The van der Waals surface area contributed by atoms with E-state index in [9.17, 15) is 0 Å². The minimum atomic E-state index is 0.812. The second kappa shape index (κ2) is 5.35. The van der Waals surface area contributed by atoms with Gasteiger partial charge in [0, 0.05) is 11.1 Å². The molecular weight excluding hydrogens is 266 g/mol. The summed E-state index contributed by atoms with van der Waals surface area (Å²) in [5.74, 6) is 4.23. The molecular formula is C18H24ClN. The Kier molecular flexibility index (Phi) is 3.52. The standard InChI is InChI=1S/C18H24ClN/c19-14-6-4-12(5-7-14)8-9-20-18-11-13-10-17(18)16-3-1-2-15(13)16/h4-7,13,15-18,20H,1-3,8-11H2. The molecule has 3 aliphatic carbocycles. The van der Waals surface area contributed by atoms with Gasteiger partial charge in [0.15, 0.2) is 0 Å². The van der Waals surface area contributed by atoms with Crippen LogP contribution in [-0.4, -0.2) is 12.6 Å². The molecule has 1 N–H and O–H groups in total. The van der Waals surface area contributed by atoms with Gasteiger partial charge in [0.2, 0.25) is 0 Å². The van der Waals surface area contributed by atoms with Crippen molar-refractivity contribution in [3.8, 4) is 0 Å². The summed E-state index contributed by atoms with van der Waals surface area (Å²) >= 11 is 5.93. The molecule has 0 aliphatic heterocycles. The number of hydrogen-bond acceptors (Lipinski definition) is 1. The monoisotopic (exact) mass is 289 g/mol. The molecule has 1 aromatic rings. The van der Waals surface area contributed by atoms with Crippen molar-refractivity contribution in [2.24, 2.45) is 23.7 Å². The summed E-state index contributed by atoms with van der Waals surface area (Å²) in [6, 6.07) is 9.11. The topological polar surface area (TPSA) is 12.0 Å². The molecule has 0 saturated heterocycles. The molecule has 0 amide bonds. The van der Waals surface area contributed by atoms with E-state index < -0.39 is 0 Å². The van der Waals surface area contributed by atoms with Crippen LogP contribution in [0.25, 0.3) is 0 Å². The Morgan fingerprint density at radius 3 is 2.65 bits per heavy atom. The third-order valence-corrected chi connectivity index (χ3v) is 6.41. The fourth-order valence-electron chi connectivity index (χ4n) is 5.36. The number of rotatable bonds is 4. The molecule has 20 heavy (non-hydrogen) atoms. The molecule has 5 unspecified atom stereocenters. The van der Waals surface area contributed by atoms with Crippen molar-refractivity contribution in [2.75, 3.05) is 6.54 Å². The van der Waals surface area contributed by atoms with E-state index in [1.807, 2.05) is 12.1 Å². The Labute approximate surface area is 127 Å². The molecule has 0 heterocycles. The smallest absolute Gasteiger partial charge is 0.0406 e. The predicted octanol–water partition coefficient (Wildman–Crippen LogP) is 4.30. The van der Waals surface area contributed by atoms with Crippen LogP contribution >= 0.6 is 11.6 Å². The Balaban J connectivity index is 1.30. The summed E-state index contributed by atoms with van der Waals surface area (Å²) in [4.78, 5) is 0. The summed E-state index contributed by atoms with van der Waals surface area (Å²) in [5, 5.41) is 4.69. The van der Waals surface area contributed by atoms with E-state index in [4.69, 9.17) is 11.6 Å². The lowest BCUT2D eigenvalue weighted by molar-refractivity contribution is 0.209. The minimum Gasteiger partial charge on any atom is -0.313 e. The van der Waals surface area contributed by atoms with E-state index in [0.717, 1.165) is 47.7 Å². The molecule has 0 aromatic heterocycles. The van der Waals surface area contributed by atoms with E-state index in [1.54, 1.807) is 0 Å². The van der Waals surface area contributed by atoms with Crippen molar-refractivity contribution in [1.82, 2.24) is 5.32 Å². The molecule has 1 nitrogen and oxygen atoms in total. The third kappa shape index (κ3) is 2.29. The fraction of sp³-hybridized carbons (Fsp3) is 0.667. The second-order valence-electron chi connectivity index (χ2n) is 7.09. The summed E-state index contributed by atoms with van der Waals surface area (Å²) < 4.78 is 0. The van der Waals surface area contributed by atoms with E-state index in [2.05, 4.69) is 17.4 Å². The molecule has 5 atom stereocenters. The van der Waals surface area contributed by atoms with Crippen LogP contribution in [0.2, 0.25) is 5.02 Å². The maximum atomic E-state index is 5.93. The van der Waals surface area contributed by atoms with Crippen molar-refractivity contribution in [1.29, 1.82) is 0 Å². The van der Waals surface area contributed by atoms with E-state index in [-0.39, 0.29) is 0 Å². The highest BCUT2D eigenvalue weighted by Crippen LogP contribution is 2.58. The Hall–Kier alpha value is -0.530. The van der Waals surface area contributed by atoms with Crippen LogP contribution in [0, 0.1) is 23.7 Å². The quantitative estimate of drug-likeness (QED) is 0.871. The Bertz CT molecular complexity index is 469. The van der Waals surface area contributed by atoms with Gasteiger partial charge in [-0.15, -0.1) is 0 Å². The Morgan fingerprint density at radius 1 is 1.00 bits per heavy atom. The van der Waals surface area contributed by atoms with Gasteiger partial charge in [-0.3, -0.25) is 0 Å². The van der Waals surface area contributed by atoms with Crippen LogP contribution in [0.1, 0.15) is 37.7 Å². The first-order valence-electron chi connectivity index (χ1n) is 8.29. The zero-order chi connectivity index (χ0) is 13.5. The highest BCUT2D eigenvalue weighted by molar-refractivity contribution is 6.30.